The van der Waals surface area contributed by atoms with Crippen molar-refractivity contribution in [1.82, 2.24) is 4.90 Å². The molecule has 1 atom stereocenters. The second-order valence-corrected chi connectivity index (χ2v) is 6.99. The first-order valence-corrected chi connectivity index (χ1v) is 8.70. The van der Waals surface area contributed by atoms with E-state index in [1.807, 2.05) is 0 Å². The van der Waals surface area contributed by atoms with Gasteiger partial charge in [0.25, 0.3) is 5.91 Å². The van der Waals surface area contributed by atoms with Crippen LogP contribution in [0.1, 0.15) is 38.5 Å². The minimum absolute atomic E-state index is 0.0234. The highest BCUT2D eigenvalue weighted by molar-refractivity contribution is 6.06. The predicted octanol–water partition coefficient (Wildman–Crippen LogP) is 1.97. The number of rotatable bonds is 5. The molecule has 0 spiro atoms. The fourth-order valence-electron chi connectivity index (χ4n) is 3.74. The lowest BCUT2D eigenvalue weighted by molar-refractivity contribution is -0.132. The number of nitrogens with zero attached hydrogens (tertiary/aromatic N) is 2. The summed E-state index contributed by atoms with van der Waals surface area (Å²) >= 11 is 0. The molecule has 1 fully saturated rings. The van der Waals surface area contributed by atoms with Crippen LogP contribution in [-0.2, 0) is 4.79 Å². The number of phenolic OH excluding ortho intramolecular Hbond substituents is 2. The number of ether oxygens (including phenoxy) is 1. The van der Waals surface area contributed by atoms with Crippen molar-refractivity contribution in [2.24, 2.45) is 16.6 Å². The van der Waals surface area contributed by atoms with E-state index in [9.17, 15) is 15.0 Å². The Kier molecular flexibility index (Phi) is 4.74. The van der Waals surface area contributed by atoms with Gasteiger partial charge in [-0.3, -0.25) is 9.69 Å². The highest BCUT2D eigenvalue weighted by atomic mass is 16.5. The molecule has 0 radical (unpaired) electrons. The van der Waals surface area contributed by atoms with Crippen LogP contribution in [0.25, 0.3) is 0 Å². The van der Waals surface area contributed by atoms with Crippen molar-refractivity contribution in [3.8, 4) is 17.2 Å². The molecule has 1 saturated carbocycles. The van der Waals surface area contributed by atoms with Crippen LogP contribution >= 0.6 is 0 Å². The number of para-hydroxylation sites is 1. The summed E-state index contributed by atoms with van der Waals surface area (Å²) in [4.78, 5) is 18.6. The van der Waals surface area contributed by atoms with Gasteiger partial charge in [0.2, 0.25) is 5.75 Å². The molecular formula is C18H25N3O4. The number of aromatic hydroxyl groups is 2. The minimum Gasteiger partial charge on any atom is -0.504 e. The molecule has 1 heterocycles. The SMILES string of the molecule is CN1C(=O)C(COc2cccc(O)c2O)(CC2CCCCC2)N=C1N. The topological polar surface area (TPSA) is 108 Å². The number of carbonyl (C=O) groups is 1. The molecule has 136 valence electrons. The first-order chi connectivity index (χ1) is 11.9. The smallest absolute Gasteiger partial charge is 0.260 e. The predicted molar refractivity (Wildman–Crippen MR) is 93.6 cm³/mol. The van der Waals surface area contributed by atoms with Crippen LogP contribution in [0.15, 0.2) is 23.2 Å². The summed E-state index contributed by atoms with van der Waals surface area (Å²) in [5.74, 6) is -0.0798. The Morgan fingerprint density at radius 1 is 1.32 bits per heavy atom. The molecule has 1 amide bonds. The number of nitrogens with two attached hydrogens (primary N) is 1. The lowest BCUT2D eigenvalue weighted by Gasteiger charge is -2.31. The number of likely N-dealkylation sites (N-methyl/N-ethyl adjacent to an activating group) is 1. The first-order valence-electron chi connectivity index (χ1n) is 8.70. The van der Waals surface area contributed by atoms with Crippen molar-refractivity contribution in [1.29, 1.82) is 0 Å². The fraction of sp³-hybridized carbons (Fsp3) is 0.556. The molecule has 3 rings (SSSR count). The molecule has 1 aliphatic carbocycles. The van der Waals surface area contributed by atoms with Crippen LogP contribution in [0.5, 0.6) is 17.2 Å². The molecule has 0 aromatic heterocycles. The number of aliphatic imine (C=N–C) groups is 1. The fourth-order valence-corrected chi connectivity index (χ4v) is 3.74. The van der Waals surface area contributed by atoms with E-state index >= 15 is 0 Å². The zero-order valence-corrected chi connectivity index (χ0v) is 14.4. The Hall–Kier alpha value is -2.44. The van der Waals surface area contributed by atoms with Crippen molar-refractivity contribution in [3.63, 3.8) is 0 Å². The lowest BCUT2D eigenvalue weighted by Crippen LogP contribution is -2.47. The van der Waals surface area contributed by atoms with Crippen LogP contribution in [0, 0.1) is 5.92 Å². The van der Waals surface area contributed by atoms with Crippen LogP contribution in [0.4, 0.5) is 0 Å². The molecule has 0 bridgehead atoms. The van der Waals surface area contributed by atoms with E-state index in [4.69, 9.17) is 10.5 Å². The number of hydrogen-bond acceptors (Lipinski definition) is 6. The van der Waals surface area contributed by atoms with Gasteiger partial charge in [0, 0.05) is 7.05 Å². The van der Waals surface area contributed by atoms with Gasteiger partial charge >= 0.3 is 0 Å². The largest absolute Gasteiger partial charge is 0.504 e. The Bertz CT molecular complexity index is 685. The molecule has 1 aromatic rings. The van der Waals surface area contributed by atoms with Crippen molar-refractivity contribution in [2.45, 2.75) is 44.1 Å². The molecule has 1 aliphatic heterocycles. The zero-order valence-electron chi connectivity index (χ0n) is 14.4. The van der Waals surface area contributed by atoms with Gasteiger partial charge in [-0.2, -0.15) is 0 Å². The van der Waals surface area contributed by atoms with Crippen molar-refractivity contribution in [2.75, 3.05) is 13.7 Å². The maximum atomic E-state index is 12.8. The number of amides is 1. The molecule has 7 heteroatoms. The lowest BCUT2D eigenvalue weighted by atomic mass is 9.79. The average Bonchev–Trinajstić information content (AvgIpc) is 2.81. The zero-order chi connectivity index (χ0) is 18.0. The van der Waals surface area contributed by atoms with Crippen molar-refractivity contribution < 1.29 is 19.7 Å². The van der Waals surface area contributed by atoms with E-state index in [2.05, 4.69) is 4.99 Å². The number of phenols is 2. The molecule has 0 saturated heterocycles. The van der Waals surface area contributed by atoms with Gasteiger partial charge in [-0.15, -0.1) is 0 Å². The van der Waals surface area contributed by atoms with E-state index < -0.39 is 5.54 Å². The highest BCUT2D eigenvalue weighted by Gasteiger charge is 2.48. The standard InChI is InChI=1S/C18H25N3O4/c1-21-16(24)18(20-17(21)19,10-12-6-3-2-4-7-12)11-25-14-9-5-8-13(22)15(14)23/h5,8-9,12,22-23H,2-4,6-7,10-11H2,1H3,(H2,19,20). The normalized spacial score (nSPS) is 24.4. The van der Waals surface area contributed by atoms with Crippen LogP contribution in [0.2, 0.25) is 0 Å². The monoisotopic (exact) mass is 347 g/mol. The molecule has 2 aliphatic rings. The average molecular weight is 347 g/mol. The molecule has 4 N–H and O–H groups in total. The Balaban J connectivity index is 1.82. The third-order valence-corrected chi connectivity index (χ3v) is 5.17. The third kappa shape index (κ3) is 3.36. The quantitative estimate of drug-likeness (QED) is 0.706. The maximum Gasteiger partial charge on any atom is 0.260 e. The van der Waals surface area contributed by atoms with Crippen LogP contribution < -0.4 is 10.5 Å². The summed E-state index contributed by atoms with van der Waals surface area (Å²) < 4.78 is 5.69. The molecule has 25 heavy (non-hydrogen) atoms. The summed E-state index contributed by atoms with van der Waals surface area (Å²) in [5, 5.41) is 19.5. The Morgan fingerprint density at radius 2 is 2.04 bits per heavy atom. The number of carbonyl (C=O) groups excluding carboxylic acids is 1. The molecular weight excluding hydrogens is 322 g/mol. The van der Waals surface area contributed by atoms with Gasteiger partial charge in [0.15, 0.2) is 23.0 Å². The van der Waals surface area contributed by atoms with Gasteiger partial charge in [-0.1, -0.05) is 38.2 Å². The van der Waals surface area contributed by atoms with Crippen LogP contribution in [0.3, 0.4) is 0 Å². The highest BCUT2D eigenvalue weighted by Crippen LogP contribution is 2.38. The number of benzene rings is 1. The Labute approximate surface area is 147 Å². The van der Waals surface area contributed by atoms with E-state index in [0.717, 1.165) is 25.7 Å². The Morgan fingerprint density at radius 3 is 2.68 bits per heavy atom. The summed E-state index contributed by atoms with van der Waals surface area (Å²) in [6.07, 6.45) is 6.29. The summed E-state index contributed by atoms with van der Waals surface area (Å²) in [6.45, 7) is -0.0234. The number of guanidine groups is 1. The second-order valence-electron chi connectivity index (χ2n) is 6.99. The van der Waals surface area contributed by atoms with Gasteiger partial charge in [-0.25, -0.2) is 4.99 Å². The third-order valence-electron chi connectivity index (χ3n) is 5.17. The minimum atomic E-state index is -1.07. The van der Waals surface area contributed by atoms with Gasteiger partial charge in [-0.05, 0) is 24.5 Å². The maximum absolute atomic E-state index is 12.8. The first kappa shape index (κ1) is 17.4. The van der Waals surface area contributed by atoms with Gasteiger partial charge in [0.1, 0.15) is 6.61 Å². The van der Waals surface area contributed by atoms with E-state index in [1.54, 1.807) is 19.2 Å². The van der Waals surface area contributed by atoms with E-state index in [-0.39, 0.29) is 35.7 Å². The summed E-state index contributed by atoms with van der Waals surface area (Å²) in [7, 11) is 1.61. The molecule has 7 nitrogen and oxygen atoms in total. The molecule has 1 unspecified atom stereocenters. The van der Waals surface area contributed by atoms with Crippen LogP contribution in [-0.4, -0.2) is 46.2 Å². The second kappa shape index (κ2) is 6.82. The van der Waals surface area contributed by atoms with E-state index in [1.165, 1.54) is 17.4 Å². The summed E-state index contributed by atoms with van der Waals surface area (Å²) in [5.41, 5.74) is 4.81. The van der Waals surface area contributed by atoms with Crippen molar-refractivity contribution in [3.05, 3.63) is 18.2 Å². The van der Waals surface area contributed by atoms with Gasteiger partial charge in [0.05, 0.1) is 0 Å². The van der Waals surface area contributed by atoms with E-state index in [0.29, 0.717) is 12.3 Å². The molecule has 1 aromatic carbocycles. The van der Waals surface area contributed by atoms with Gasteiger partial charge < -0.3 is 20.7 Å². The summed E-state index contributed by atoms with van der Waals surface area (Å²) in [6, 6.07) is 4.47. The number of hydrogen-bond donors (Lipinski definition) is 3. The van der Waals surface area contributed by atoms with Crippen molar-refractivity contribution >= 4 is 11.9 Å².